The second-order valence-electron chi connectivity index (χ2n) is 8.36. The van der Waals surface area contributed by atoms with Crippen molar-refractivity contribution in [1.29, 1.82) is 0 Å². The topological polar surface area (TPSA) is 68.1 Å². The maximum absolute atomic E-state index is 13.1. The van der Waals surface area contributed by atoms with Crippen molar-refractivity contribution in [3.8, 4) is 5.75 Å². The van der Waals surface area contributed by atoms with E-state index in [-0.39, 0.29) is 11.9 Å². The molecule has 1 N–H and O–H groups in total. The highest BCUT2D eigenvalue weighted by Gasteiger charge is 2.20. The fourth-order valence-corrected chi connectivity index (χ4v) is 4.12. The van der Waals surface area contributed by atoms with Crippen LogP contribution in [0.25, 0.3) is 5.65 Å². The van der Waals surface area contributed by atoms with Gasteiger partial charge in [-0.05, 0) is 42.0 Å². The number of benzene rings is 2. The molecule has 174 valence electrons. The van der Waals surface area contributed by atoms with Gasteiger partial charge in [0.15, 0.2) is 0 Å². The van der Waals surface area contributed by atoms with Crippen molar-refractivity contribution in [2.75, 3.05) is 32.8 Å². The van der Waals surface area contributed by atoms with E-state index in [1.54, 1.807) is 12.1 Å². The smallest absolute Gasteiger partial charge is 0.251 e. The zero-order chi connectivity index (χ0) is 23.2. The van der Waals surface area contributed by atoms with E-state index in [1.807, 2.05) is 65.3 Å². The van der Waals surface area contributed by atoms with Crippen molar-refractivity contribution >= 4 is 11.6 Å². The van der Waals surface area contributed by atoms with E-state index in [1.165, 1.54) is 0 Å². The number of hydrogen-bond acceptors (Lipinski definition) is 5. The fraction of sp³-hybridized carbons (Fsp3) is 0.259. The van der Waals surface area contributed by atoms with Gasteiger partial charge in [-0.2, -0.15) is 0 Å². The Morgan fingerprint density at radius 2 is 1.76 bits per heavy atom. The van der Waals surface area contributed by atoms with E-state index in [2.05, 4.69) is 27.3 Å². The maximum atomic E-state index is 13.1. The molecule has 4 aromatic rings. The third-order valence-corrected chi connectivity index (χ3v) is 5.97. The highest BCUT2D eigenvalue weighted by atomic mass is 16.5. The number of hydrogen-bond donors (Lipinski definition) is 1. The van der Waals surface area contributed by atoms with Crippen molar-refractivity contribution in [2.45, 2.75) is 12.6 Å². The van der Waals surface area contributed by atoms with Gasteiger partial charge in [-0.3, -0.25) is 9.69 Å². The maximum Gasteiger partial charge on any atom is 0.251 e. The van der Waals surface area contributed by atoms with Gasteiger partial charge in [0.25, 0.3) is 5.91 Å². The van der Waals surface area contributed by atoms with Crippen molar-refractivity contribution in [3.05, 3.63) is 102 Å². The van der Waals surface area contributed by atoms with Gasteiger partial charge in [-0.1, -0.05) is 36.4 Å². The average Bonchev–Trinajstić information content (AvgIpc) is 3.32. The van der Waals surface area contributed by atoms with Crippen LogP contribution in [0.4, 0.5) is 0 Å². The predicted molar refractivity (Wildman–Crippen MR) is 130 cm³/mol. The van der Waals surface area contributed by atoms with E-state index < -0.39 is 0 Å². The fourth-order valence-electron chi connectivity index (χ4n) is 4.12. The number of ether oxygens (including phenoxy) is 2. The molecule has 7 heteroatoms. The number of nitrogens with one attached hydrogen (secondary N) is 1. The third kappa shape index (κ3) is 5.44. The molecule has 1 aliphatic rings. The minimum Gasteiger partial charge on any atom is -0.487 e. The highest BCUT2D eigenvalue weighted by Crippen LogP contribution is 2.18. The Morgan fingerprint density at radius 1 is 1.00 bits per heavy atom. The molecule has 2 aromatic carbocycles. The number of amides is 1. The molecule has 0 aliphatic carbocycles. The summed E-state index contributed by atoms with van der Waals surface area (Å²) in [5, 5.41) is 3.21. The van der Waals surface area contributed by atoms with E-state index in [4.69, 9.17) is 9.47 Å². The molecule has 0 bridgehead atoms. The Labute approximate surface area is 198 Å². The average molecular weight is 457 g/mol. The van der Waals surface area contributed by atoms with E-state index >= 15 is 0 Å². The molecule has 3 heterocycles. The first-order chi connectivity index (χ1) is 16.7. The van der Waals surface area contributed by atoms with Crippen LogP contribution < -0.4 is 10.1 Å². The van der Waals surface area contributed by atoms with Crippen LogP contribution in [0.1, 0.15) is 27.7 Å². The van der Waals surface area contributed by atoms with Gasteiger partial charge in [-0.25, -0.2) is 4.98 Å². The number of fused-ring (bicyclic) bond motifs is 1. The number of pyridine rings is 1. The van der Waals surface area contributed by atoms with Crippen molar-refractivity contribution in [2.24, 2.45) is 0 Å². The Hall–Kier alpha value is -3.68. The van der Waals surface area contributed by atoms with Crippen LogP contribution in [0.3, 0.4) is 0 Å². The number of imidazole rings is 1. The molecule has 0 radical (unpaired) electrons. The Morgan fingerprint density at radius 3 is 2.53 bits per heavy atom. The normalized spacial score (nSPS) is 15.2. The van der Waals surface area contributed by atoms with Crippen molar-refractivity contribution in [3.63, 3.8) is 0 Å². The van der Waals surface area contributed by atoms with Crippen LogP contribution in [0.15, 0.2) is 85.2 Å². The lowest BCUT2D eigenvalue weighted by Gasteiger charge is -2.31. The Balaban J connectivity index is 1.22. The third-order valence-electron chi connectivity index (χ3n) is 5.97. The molecule has 1 atom stereocenters. The zero-order valence-corrected chi connectivity index (χ0v) is 19.0. The van der Waals surface area contributed by atoms with Crippen LogP contribution in [-0.2, 0) is 11.3 Å². The first kappa shape index (κ1) is 22.1. The lowest BCUT2D eigenvalue weighted by molar-refractivity contribution is 0.0332. The number of carbonyl (C=O) groups is 1. The number of nitrogens with zero attached hydrogens (tertiary/aromatic N) is 3. The number of morpholine rings is 1. The SMILES string of the molecule is O=C(NC(CN1CCOCC1)c1ccccc1)c1ccc(OCc2cn3ccccc3n2)cc1. The minimum atomic E-state index is -0.103. The van der Waals surface area contributed by atoms with Gasteiger partial charge in [0.2, 0.25) is 0 Å². The van der Waals surface area contributed by atoms with Gasteiger partial charge in [-0.15, -0.1) is 0 Å². The van der Waals surface area contributed by atoms with E-state index in [0.29, 0.717) is 17.9 Å². The zero-order valence-electron chi connectivity index (χ0n) is 19.0. The first-order valence-corrected chi connectivity index (χ1v) is 11.6. The summed E-state index contributed by atoms with van der Waals surface area (Å²) in [7, 11) is 0. The van der Waals surface area contributed by atoms with Gasteiger partial charge in [0, 0.05) is 37.6 Å². The molecule has 0 spiro atoms. The number of carbonyl (C=O) groups excluding carboxylic acids is 1. The minimum absolute atomic E-state index is 0.0993. The second kappa shape index (κ2) is 10.5. The highest BCUT2D eigenvalue weighted by molar-refractivity contribution is 5.94. The van der Waals surface area contributed by atoms with Gasteiger partial charge < -0.3 is 19.2 Å². The molecule has 1 aliphatic heterocycles. The molecule has 1 fully saturated rings. The van der Waals surface area contributed by atoms with Gasteiger partial charge >= 0.3 is 0 Å². The standard InChI is InChI=1S/C27H28N4O3/c32-27(29-25(21-6-2-1-3-7-21)19-30-14-16-33-17-15-30)22-9-11-24(12-10-22)34-20-23-18-31-13-5-4-8-26(31)28-23/h1-13,18,25H,14-17,19-20H2,(H,29,32). The summed E-state index contributed by atoms with van der Waals surface area (Å²) < 4.78 is 13.3. The summed E-state index contributed by atoms with van der Waals surface area (Å²) in [6, 6.07) is 23.1. The number of rotatable bonds is 8. The Kier molecular flexibility index (Phi) is 6.84. The van der Waals surface area contributed by atoms with Crippen molar-refractivity contribution < 1.29 is 14.3 Å². The second-order valence-corrected chi connectivity index (χ2v) is 8.36. The largest absolute Gasteiger partial charge is 0.487 e. The molecule has 0 saturated carbocycles. The molecule has 1 saturated heterocycles. The van der Waals surface area contributed by atoms with E-state index in [9.17, 15) is 4.79 Å². The summed E-state index contributed by atoms with van der Waals surface area (Å²) in [4.78, 5) is 19.9. The summed E-state index contributed by atoms with van der Waals surface area (Å²) in [6.07, 6.45) is 3.91. The molecular formula is C27H28N4O3. The van der Waals surface area contributed by atoms with Crippen LogP contribution >= 0.6 is 0 Å². The molecule has 34 heavy (non-hydrogen) atoms. The van der Waals surface area contributed by atoms with Gasteiger partial charge in [0.05, 0.1) is 24.9 Å². The summed E-state index contributed by atoms with van der Waals surface area (Å²) in [5.74, 6) is 0.593. The molecule has 5 rings (SSSR count). The molecule has 2 aromatic heterocycles. The van der Waals surface area contributed by atoms with E-state index in [0.717, 1.165) is 49.8 Å². The monoisotopic (exact) mass is 456 g/mol. The Bertz CT molecular complexity index is 1180. The quantitative estimate of drug-likeness (QED) is 0.438. The summed E-state index contributed by atoms with van der Waals surface area (Å²) in [6.45, 7) is 4.31. The van der Waals surface area contributed by atoms with Crippen LogP contribution in [0.2, 0.25) is 0 Å². The summed E-state index contributed by atoms with van der Waals surface area (Å²) in [5.41, 5.74) is 3.43. The first-order valence-electron chi connectivity index (χ1n) is 11.6. The lowest BCUT2D eigenvalue weighted by atomic mass is 10.1. The predicted octanol–water partition coefficient (Wildman–Crippen LogP) is 3.72. The van der Waals surface area contributed by atoms with Crippen molar-refractivity contribution in [1.82, 2.24) is 19.6 Å². The van der Waals surface area contributed by atoms with Crippen LogP contribution in [-0.4, -0.2) is 53.0 Å². The number of aromatic nitrogens is 2. The summed E-state index contributed by atoms with van der Waals surface area (Å²) >= 11 is 0. The van der Waals surface area contributed by atoms with Gasteiger partial charge in [0.1, 0.15) is 18.0 Å². The van der Waals surface area contributed by atoms with Crippen LogP contribution in [0.5, 0.6) is 5.75 Å². The molecule has 1 unspecified atom stereocenters. The van der Waals surface area contributed by atoms with Crippen LogP contribution in [0, 0.1) is 0 Å². The molecular weight excluding hydrogens is 428 g/mol. The molecule has 7 nitrogen and oxygen atoms in total. The lowest BCUT2D eigenvalue weighted by Crippen LogP contribution is -2.43. The molecule has 1 amide bonds.